The quantitative estimate of drug-likeness (QED) is 0.158. The molecule has 0 aliphatic carbocycles. The zero-order valence-corrected chi connectivity index (χ0v) is 9.63. The van der Waals surface area contributed by atoms with Gasteiger partial charge in [-0.1, -0.05) is 0 Å². The van der Waals surface area contributed by atoms with Crippen molar-refractivity contribution in [1.82, 2.24) is 0 Å². The fourth-order valence-electron chi connectivity index (χ4n) is 0.0408. The molecule has 38 valence electrons. The second-order valence-corrected chi connectivity index (χ2v) is 2.68. The monoisotopic (exact) mass is 174 g/mol. The Bertz CT molecular complexity index is 76.2. The third-order valence-electron chi connectivity index (χ3n) is 0.257. The molecule has 1 fully saturated rings. The summed E-state index contributed by atoms with van der Waals surface area (Å²) < 4.78 is 6.09. The van der Waals surface area contributed by atoms with Crippen molar-refractivity contribution >= 4 is 30.8 Å². The van der Waals surface area contributed by atoms with Crippen LogP contribution in [0.3, 0.4) is 0 Å². The first kappa shape index (κ1) is 13.2. The van der Waals surface area contributed by atoms with Crippen molar-refractivity contribution in [3.63, 3.8) is 0 Å². The summed E-state index contributed by atoms with van der Waals surface area (Å²) in [5.74, 6) is 0. The van der Waals surface area contributed by atoms with Gasteiger partial charge in [-0.15, -0.1) is 0 Å². The van der Waals surface area contributed by atoms with E-state index >= 15 is 0 Å². The van der Waals surface area contributed by atoms with Crippen molar-refractivity contribution in [3.05, 3.63) is 0 Å². The molecule has 0 unspecified atom stereocenters. The van der Waals surface area contributed by atoms with Gasteiger partial charge >= 0.3 is 106 Å². The Kier molecular flexibility index (Phi) is 5.55. The summed E-state index contributed by atoms with van der Waals surface area (Å²) in [6, 6.07) is 0. The molecule has 1 aliphatic rings. The molecule has 1 rings (SSSR count). The Labute approximate surface area is 104 Å². The van der Waals surface area contributed by atoms with Gasteiger partial charge in [-0.05, 0) is 0 Å². The van der Waals surface area contributed by atoms with E-state index in [4.69, 9.17) is 0 Å². The molecule has 0 atom stereocenters. The first-order chi connectivity index (χ1) is 2.47. The minimum absolute atomic E-state index is 0. The molecule has 0 bridgehead atoms. The van der Waals surface area contributed by atoms with E-state index in [0.717, 1.165) is 0 Å². The number of rotatable bonds is 0. The molecule has 0 spiro atoms. The van der Waals surface area contributed by atoms with Crippen LogP contribution in [0.25, 0.3) is 0 Å². The molecule has 8 heavy (non-hydrogen) atoms. The fraction of sp³-hybridized carbons (Fsp3) is 0. The summed E-state index contributed by atoms with van der Waals surface area (Å²) in [7, 11) is -5.55. The Morgan fingerprint density at radius 3 is 1.12 bits per heavy atom. The predicted octanol–water partition coefficient (Wildman–Crippen LogP) is -6.22. The summed E-state index contributed by atoms with van der Waals surface area (Å²) >= 11 is 0. The molecule has 5 nitrogen and oxygen atoms in total. The average Bonchev–Trinajstić information content (AvgIpc) is 1.73. The van der Waals surface area contributed by atoms with E-state index in [9.17, 15) is 14.7 Å². The van der Waals surface area contributed by atoms with Gasteiger partial charge in [-0.25, -0.2) is 0 Å². The Morgan fingerprint density at radius 2 is 1.12 bits per heavy atom. The summed E-state index contributed by atoms with van der Waals surface area (Å²) in [5, 5.41) is 0. The van der Waals surface area contributed by atoms with Gasteiger partial charge in [-0.3, -0.25) is 0 Å². The van der Waals surface area contributed by atoms with Crippen LogP contribution in [-0.2, 0) is 9.35 Å². The molecular weight excluding hydrogens is 174 g/mol. The summed E-state index contributed by atoms with van der Waals surface area (Å²) in [5.41, 5.74) is 0. The molecule has 0 aromatic rings. The van der Waals surface area contributed by atoms with Gasteiger partial charge in [0.25, 0.3) is 0 Å². The molecular formula is KMgO5P. The zero-order chi connectivity index (χ0) is 4.86. The van der Waals surface area contributed by atoms with Gasteiger partial charge in [0, 0.05) is 0 Å². The molecule has 0 aromatic heterocycles. The Balaban J connectivity index is 0. The van der Waals surface area contributed by atoms with E-state index in [-0.39, 0.29) is 74.4 Å². The van der Waals surface area contributed by atoms with Gasteiger partial charge in [0.2, 0.25) is 0 Å². The summed E-state index contributed by atoms with van der Waals surface area (Å²) in [6.45, 7) is 0. The van der Waals surface area contributed by atoms with Crippen molar-refractivity contribution in [1.29, 1.82) is 0 Å². The van der Waals surface area contributed by atoms with Gasteiger partial charge in [0.05, 0.1) is 0 Å². The van der Waals surface area contributed by atoms with Gasteiger partial charge in [-0.2, -0.15) is 0 Å². The van der Waals surface area contributed by atoms with Crippen molar-refractivity contribution in [2.24, 2.45) is 0 Å². The molecule has 1 saturated heterocycles. The molecule has 0 N–H and O–H groups in total. The van der Waals surface area contributed by atoms with E-state index in [0.29, 0.717) is 0 Å². The summed E-state index contributed by atoms with van der Waals surface area (Å²) in [4.78, 5) is 28.1. The molecule has 1 heterocycles. The van der Waals surface area contributed by atoms with Gasteiger partial charge < -0.3 is 0 Å². The molecule has 0 saturated carbocycles. The van der Waals surface area contributed by atoms with Crippen molar-refractivity contribution in [3.8, 4) is 0 Å². The van der Waals surface area contributed by atoms with Crippen LogP contribution in [0.5, 0.6) is 0 Å². The number of hydrogen-bond acceptors (Lipinski definition) is 5. The maximum absolute atomic E-state index is 9.37. The Morgan fingerprint density at radius 1 is 1.00 bits per heavy atom. The molecule has 1 aliphatic heterocycles. The van der Waals surface area contributed by atoms with Crippen LogP contribution in [0, 0.1) is 0 Å². The van der Waals surface area contributed by atoms with Crippen LogP contribution in [0.2, 0.25) is 0 Å². The van der Waals surface area contributed by atoms with E-state index < -0.39 is 7.74 Å². The normalized spacial score (nSPS) is 32.1. The van der Waals surface area contributed by atoms with Gasteiger partial charge in [0.15, 0.2) is 0 Å². The molecule has 0 aromatic carbocycles. The standard InChI is InChI=1S/K.Mg.O5P/c;;1-6(2,3)4-5-6/q+1;+2;-3. The van der Waals surface area contributed by atoms with Gasteiger partial charge in [0.1, 0.15) is 0 Å². The van der Waals surface area contributed by atoms with Crippen molar-refractivity contribution in [2.45, 2.75) is 0 Å². The number of hydrogen-bond donors (Lipinski definition) is 0. The SMILES string of the molecule is [K+].[Mg+2].[O-]P1([O-])([O-])OO1. The Hall–Kier alpha value is 2.63. The van der Waals surface area contributed by atoms with Crippen LogP contribution in [0.15, 0.2) is 0 Å². The van der Waals surface area contributed by atoms with E-state index in [1.165, 1.54) is 0 Å². The first-order valence-electron chi connectivity index (χ1n) is 1.08. The molecule has 0 amide bonds. The van der Waals surface area contributed by atoms with Crippen LogP contribution >= 0.6 is 7.74 Å². The molecule has 8 heteroatoms. The predicted molar refractivity (Wildman–Crippen MR) is 14.8 cm³/mol. The van der Waals surface area contributed by atoms with E-state index in [1.807, 2.05) is 0 Å². The summed E-state index contributed by atoms with van der Waals surface area (Å²) in [6.07, 6.45) is 0. The van der Waals surface area contributed by atoms with Crippen LogP contribution < -0.4 is 66.1 Å². The minimum atomic E-state index is -5.55. The maximum atomic E-state index is 9.37. The topological polar surface area (TPSA) is 94.2 Å². The average molecular weight is 174 g/mol. The third kappa shape index (κ3) is 5.42. The third-order valence-corrected chi connectivity index (χ3v) is 0.771. The zero-order valence-electron chi connectivity index (χ0n) is 4.20. The second kappa shape index (κ2) is 3.35. The van der Waals surface area contributed by atoms with Crippen LogP contribution in [0.4, 0.5) is 0 Å². The van der Waals surface area contributed by atoms with Crippen LogP contribution in [-0.4, -0.2) is 23.1 Å². The second-order valence-electron chi connectivity index (χ2n) is 0.894. The van der Waals surface area contributed by atoms with Crippen LogP contribution in [0.1, 0.15) is 0 Å². The van der Waals surface area contributed by atoms with Crippen molar-refractivity contribution in [2.75, 3.05) is 0 Å². The first-order valence-corrected chi connectivity index (χ1v) is 2.91. The fourth-order valence-corrected chi connectivity index (χ4v) is 0.367. The molecule has 0 radical (unpaired) electrons. The van der Waals surface area contributed by atoms with E-state index in [1.54, 1.807) is 0 Å². The van der Waals surface area contributed by atoms with E-state index in [2.05, 4.69) is 9.35 Å². The van der Waals surface area contributed by atoms with Crippen molar-refractivity contribution < 1.29 is 75.4 Å².